The number of nitrogens with two attached hydrogens (primary N) is 2. The Morgan fingerprint density at radius 3 is 1.80 bits per heavy atom. The van der Waals surface area contributed by atoms with Crippen LogP contribution in [0, 0.1) is 0 Å². The molecule has 4 aromatic heterocycles. The van der Waals surface area contributed by atoms with Gasteiger partial charge in [-0.3, -0.25) is 22.7 Å². The van der Waals surface area contributed by atoms with Crippen LogP contribution in [0.1, 0.15) is 12.5 Å². The second kappa shape index (κ2) is 10.9. The number of aromatic nitrogens is 8. The first-order valence-electron chi connectivity index (χ1n) is 12.9. The standard InChI is InChI=1S/C20H23BF2N10O8P2S/c21-42(34)36-1-7-14(10(23)20(38-7)33-6-31-12-16(25)27-4-29-18(12)33)41-43(35,44)37-2-8-13(40-42)9(22)19(39-8)32-5-30-11-15(24)26-3-28-17(11)32/h3-10,13-14,19-20H,1-2,21H2,(H,35,44)(H2,24,26,28)(H2,25,27,29)/t7-,8-,9-,10-,13-,14-,19-,20-,42?,43-/m1/s1. The summed E-state index contributed by atoms with van der Waals surface area (Å²) in [6.07, 6.45) is -7.72. The molecule has 44 heavy (non-hydrogen) atoms. The minimum absolute atomic E-state index is 0.0605. The van der Waals surface area contributed by atoms with E-state index in [4.69, 9.17) is 39.0 Å². The summed E-state index contributed by atoms with van der Waals surface area (Å²) < 4.78 is 95.1. The Morgan fingerprint density at radius 1 is 0.795 bits per heavy atom. The zero-order valence-corrected chi connectivity index (χ0v) is 25.1. The van der Waals surface area contributed by atoms with Gasteiger partial charge in [-0.1, -0.05) is 12.2 Å². The van der Waals surface area contributed by atoms with E-state index in [1.807, 2.05) is 0 Å². The Hall–Kier alpha value is -2.81. The molecule has 1 unspecified atom stereocenters. The van der Waals surface area contributed by atoms with Crippen molar-refractivity contribution in [3.05, 3.63) is 25.3 Å². The van der Waals surface area contributed by atoms with Crippen molar-refractivity contribution < 1.29 is 45.5 Å². The number of ether oxygens (including phenoxy) is 2. The number of nitrogen functional groups attached to an aromatic ring is 2. The normalized spacial score (nSPS) is 38.2. The number of anilines is 2. The van der Waals surface area contributed by atoms with Gasteiger partial charge in [-0.2, -0.15) is 0 Å². The topological polar surface area (TPSA) is 229 Å². The number of nitrogens with zero attached hydrogens (tertiary/aromatic N) is 8. The molecule has 0 amide bonds. The van der Waals surface area contributed by atoms with E-state index in [1.54, 1.807) is 0 Å². The summed E-state index contributed by atoms with van der Waals surface area (Å²) >= 11 is 4.01. The summed E-state index contributed by atoms with van der Waals surface area (Å²) in [5.74, 6) is 0.123. The van der Waals surface area contributed by atoms with Crippen LogP contribution in [0.4, 0.5) is 20.4 Å². The van der Waals surface area contributed by atoms with Gasteiger partial charge in [0, 0.05) is 0 Å². The van der Waals surface area contributed by atoms with E-state index in [9.17, 15) is 9.13 Å². The van der Waals surface area contributed by atoms with E-state index in [0.717, 1.165) is 7.57 Å². The van der Waals surface area contributed by atoms with E-state index in [1.165, 1.54) is 34.4 Å². The molecule has 7 rings (SSSR count). The number of thiol groups is 1. The molecule has 3 aliphatic rings. The van der Waals surface area contributed by atoms with E-state index in [-0.39, 0.29) is 34.0 Å². The maximum Gasteiger partial charge on any atom is 0.386 e. The molecule has 4 aromatic rings. The summed E-state index contributed by atoms with van der Waals surface area (Å²) in [7, 11) is -2.97. The SMILES string of the molecule is BP1(=O)OC[C@H]2O[C@@H](n3cnc4c(N)ncnc43)[C@H](F)[C@@H]2O[P@](=O)(S)OC[C@H]2O[C@@H](n3cnc4c(N)ncnc43)[C@H](F)[C@@H]2O1. The number of imidazole rings is 2. The number of rotatable bonds is 2. The third-order valence-corrected chi connectivity index (χ3v) is 10.2. The molecule has 0 saturated carbocycles. The van der Waals surface area contributed by atoms with Crippen LogP contribution in [0.2, 0.25) is 0 Å². The van der Waals surface area contributed by atoms with E-state index < -0.39 is 76.7 Å². The molecular formula is C20H23BF2N10O8P2S. The summed E-state index contributed by atoms with van der Waals surface area (Å²) in [4.78, 5) is 24.1. The van der Waals surface area contributed by atoms with Crippen molar-refractivity contribution in [3.63, 3.8) is 0 Å². The molecule has 24 heteroatoms. The van der Waals surface area contributed by atoms with Gasteiger partial charge in [0.2, 0.25) is 0 Å². The minimum Gasteiger partial charge on any atom is -0.382 e. The lowest BCUT2D eigenvalue weighted by Gasteiger charge is -2.29. The summed E-state index contributed by atoms with van der Waals surface area (Å²) in [5.41, 5.74) is 12.4. The molecule has 0 aliphatic carbocycles. The van der Waals surface area contributed by atoms with Crippen molar-refractivity contribution in [1.82, 2.24) is 39.0 Å². The number of halogens is 2. The number of fused-ring (bicyclic) bond motifs is 4. The second-order valence-electron chi connectivity index (χ2n) is 10.2. The van der Waals surface area contributed by atoms with Gasteiger partial charge in [0.05, 0.1) is 25.9 Å². The molecule has 7 heterocycles. The van der Waals surface area contributed by atoms with Gasteiger partial charge in [0.1, 0.15) is 48.1 Å². The average Bonchev–Trinajstić information content (AvgIpc) is 3.73. The van der Waals surface area contributed by atoms with Crippen LogP contribution >= 0.6 is 26.5 Å². The molecule has 234 valence electrons. The Morgan fingerprint density at radius 2 is 1.27 bits per heavy atom. The highest BCUT2D eigenvalue weighted by molar-refractivity contribution is 8.44. The Kier molecular flexibility index (Phi) is 7.42. The fraction of sp³-hybridized carbons (Fsp3) is 0.500. The predicted octanol–water partition coefficient (Wildman–Crippen LogP) is 0.898. The van der Waals surface area contributed by atoms with Crippen molar-refractivity contribution in [2.24, 2.45) is 0 Å². The third-order valence-electron chi connectivity index (χ3n) is 7.30. The van der Waals surface area contributed by atoms with Gasteiger partial charge in [0.25, 0.3) is 15.0 Å². The highest BCUT2D eigenvalue weighted by Crippen LogP contribution is 2.58. The third kappa shape index (κ3) is 5.17. The van der Waals surface area contributed by atoms with Gasteiger partial charge >= 0.3 is 6.80 Å². The smallest absolute Gasteiger partial charge is 0.382 e. The Labute approximate surface area is 251 Å². The average molecular weight is 674 g/mol. The zero-order chi connectivity index (χ0) is 31.0. The van der Waals surface area contributed by atoms with Crippen LogP contribution in [0.25, 0.3) is 22.3 Å². The number of hydrogen-bond acceptors (Lipinski definition) is 16. The molecule has 0 radical (unpaired) electrons. The molecule has 0 aromatic carbocycles. The predicted molar refractivity (Wildman–Crippen MR) is 151 cm³/mol. The summed E-state index contributed by atoms with van der Waals surface area (Å²) in [6.45, 7) is -5.56. The molecule has 3 saturated heterocycles. The van der Waals surface area contributed by atoms with E-state index >= 15 is 8.78 Å². The lowest BCUT2D eigenvalue weighted by Crippen LogP contribution is -2.37. The van der Waals surface area contributed by atoms with Crippen molar-refractivity contribution in [2.45, 2.75) is 49.2 Å². The van der Waals surface area contributed by atoms with Gasteiger partial charge < -0.3 is 30.0 Å². The first-order valence-corrected chi connectivity index (χ1v) is 17.6. The van der Waals surface area contributed by atoms with Crippen LogP contribution < -0.4 is 11.5 Å². The van der Waals surface area contributed by atoms with Gasteiger partial charge in [0.15, 0.2) is 47.7 Å². The van der Waals surface area contributed by atoms with Crippen molar-refractivity contribution in [2.75, 3.05) is 24.7 Å². The molecule has 18 nitrogen and oxygen atoms in total. The van der Waals surface area contributed by atoms with E-state index in [2.05, 4.69) is 42.2 Å². The van der Waals surface area contributed by atoms with Crippen LogP contribution in [-0.2, 0) is 36.7 Å². The molecule has 3 fully saturated rings. The molecule has 10 atom stereocenters. The van der Waals surface area contributed by atoms with Crippen LogP contribution in [0.3, 0.4) is 0 Å². The second-order valence-corrected chi connectivity index (χ2v) is 15.0. The maximum atomic E-state index is 16.0. The first kappa shape index (κ1) is 29.9. The largest absolute Gasteiger partial charge is 0.386 e. The Balaban J connectivity index is 1.17. The van der Waals surface area contributed by atoms with Crippen molar-refractivity contribution >= 4 is 68.0 Å². The van der Waals surface area contributed by atoms with E-state index in [0.29, 0.717) is 0 Å². The molecular weight excluding hydrogens is 651 g/mol. The minimum atomic E-state index is -4.37. The molecule has 3 aliphatic heterocycles. The summed E-state index contributed by atoms with van der Waals surface area (Å²) in [5, 5.41) is 0. The fourth-order valence-corrected chi connectivity index (χ4v) is 7.94. The first-order chi connectivity index (χ1) is 20.9. The zero-order valence-electron chi connectivity index (χ0n) is 22.4. The fourth-order valence-electron chi connectivity index (χ4n) is 5.28. The molecule has 0 spiro atoms. The highest BCUT2D eigenvalue weighted by atomic mass is 32.7. The number of alkyl halides is 2. The van der Waals surface area contributed by atoms with Crippen LogP contribution in [0.5, 0.6) is 0 Å². The monoisotopic (exact) mass is 674 g/mol. The number of hydrogen-bond donors (Lipinski definition) is 3. The van der Waals surface area contributed by atoms with Crippen LogP contribution in [0.15, 0.2) is 25.3 Å². The lowest BCUT2D eigenvalue weighted by atomic mass is 10.1. The van der Waals surface area contributed by atoms with Crippen LogP contribution in [-0.4, -0.2) is 96.6 Å². The lowest BCUT2D eigenvalue weighted by molar-refractivity contribution is -0.0546. The van der Waals surface area contributed by atoms with Crippen molar-refractivity contribution in [1.29, 1.82) is 0 Å². The van der Waals surface area contributed by atoms with Gasteiger partial charge in [-0.05, 0) is 0 Å². The maximum absolute atomic E-state index is 16.0. The summed E-state index contributed by atoms with van der Waals surface area (Å²) in [6, 6.07) is 0. The Bertz CT molecular complexity index is 1710. The van der Waals surface area contributed by atoms with Gasteiger partial charge in [-0.25, -0.2) is 43.2 Å². The quantitative estimate of drug-likeness (QED) is 0.152. The molecule has 0 bridgehead atoms. The van der Waals surface area contributed by atoms with Crippen molar-refractivity contribution in [3.8, 4) is 0 Å². The molecule has 4 N–H and O–H groups in total. The highest BCUT2D eigenvalue weighted by Gasteiger charge is 2.54. The van der Waals surface area contributed by atoms with Gasteiger partial charge in [-0.15, -0.1) is 0 Å².